The molecule has 2 N–H and O–H groups in total. The molecule has 0 aliphatic rings. The van der Waals surface area contributed by atoms with E-state index in [1.54, 1.807) is 13.8 Å². The van der Waals surface area contributed by atoms with Crippen molar-refractivity contribution in [2.45, 2.75) is 19.4 Å². The first-order valence-electron chi connectivity index (χ1n) is 3.76. The Morgan fingerprint density at radius 2 is 1.69 bits per heavy atom. The standard InChI is InChI=1S/C9H10ClF2N/c1-9(2,13)5-3-7(11)8(12)4-6(5)10/h3-4H,13H2,1-2H3. The summed E-state index contributed by atoms with van der Waals surface area (Å²) in [6.07, 6.45) is 0. The van der Waals surface area contributed by atoms with Crippen LogP contribution < -0.4 is 5.73 Å². The van der Waals surface area contributed by atoms with Crippen LogP contribution in [-0.2, 0) is 5.54 Å². The lowest BCUT2D eigenvalue weighted by Crippen LogP contribution is -2.29. The third-order valence-electron chi connectivity index (χ3n) is 1.70. The normalized spacial score (nSPS) is 11.8. The predicted octanol–water partition coefficient (Wildman–Crippen LogP) is 2.81. The second-order valence-corrected chi connectivity index (χ2v) is 3.88. The number of rotatable bonds is 1. The second kappa shape index (κ2) is 3.24. The van der Waals surface area contributed by atoms with Crippen LogP contribution in [0, 0.1) is 11.6 Å². The van der Waals surface area contributed by atoms with Gasteiger partial charge in [0.15, 0.2) is 11.6 Å². The van der Waals surface area contributed by atoms with Crippen molar-refractivity contribution in [2.75, 3.05) is 0 Å². The Labute approximate surface area is 80.5 Å². The maximum absolute atomic E-state index is 12.8. The maximum atomic E-state index is 12.8. The van der Waals surface area contributed by atoms with Crippen molar-refractivity contribution < 1.29 is 8.78 Å². The quantitative estimate of drug-likeness (QED) is 0.701. The van der Waals surface area contributed by atoms with Gasteiger partial charge in [-0.3, -0.25) is 0 Å². The van der Waals surface area contributed by atoms with E-state index in [0.717, 1.165) is 12.1 Å². The van der Waals surface area contributed by atoms with Gasteiger partial charge >= 0.3 is 0 Å². The Bertz CT molecular complexity index is 331. The van der Waals surface area contributed by atoms with Gasteiger partial charge in [-0.15, -0.1) is 0 Å². The van der Waals surface area contributed by atoms with Crippen molar-refractivity contribution in [1.29, 1.82) is 0 Å². The molecule has 0 bridgehead atoms. The van der Waals surface area contributed by atoms with Crippen molar-refractivity contribution in [3.05, 3.63) is 34.4 Å². The van der Waals surface area contributed by atoms with Gasteiger partial charge in [0.1, 0.15) is 0 Å². The Morgan fingerprint density at radius 1 is 1.23 bits per heavy atom. The minimum Gasteiger partial charge on any atom is -0.322 e. The number of halogens is 3. The Hall–Kier alpha value is -0.670. The molecule has 0 atom stereocenters. The SMILES string of the molecule is CC(C)(N)c1cc(F)c(F)cc1Cl. The fourth-order valence-corrected chi connectivity index (χ4v) is 1.41. The van der Waals surface area contributed by atoms with Gasteiger partial charge in [-0.25, -0.2) is 8.78 Å². The number of hydrogen-bond donors (Lipinski definition) is 1. The minimum atomic E-state index is -0.960. The van der Waals surface area contributed by atoms with Crippen LogP contribution in [0.5, 0.6) is 0 Å². The maximum Gasteiger partial charge on any atom is 0.160 e. The van der Waals surface area contributed by atoms with Crippen LogP contribution in [0.4, 0.5) is 8.78 Å². The van der Waals surface area contributed by atoms with Crippen LogP contribution in [0.2, 0.25) is 5.02 Å². The van der Waals surface area contributed by atoms with Gasteiger partial charge < -0.3 is 5.73 Å². The largest absolute Gasteiger partial charge is 0.322 e. The molecule has 1 aromatic rings. The molecule has 0 radical (unpaired) electrons. The van der Waals surface area contributed by atoms with Crippen LogP contribution in [0.3, 0.4) is 0 Å². The van der Waals surface area contributed by atoms with E-state index >= 15 is 0 Å². The number of nitrogens with two attached hydrogens (primary N) is 1. The second-order valence-electron chi connectivity index (χ2n) is 3.47. The number of hydrogen-bond acceptors (Lipinski definition) is 1. The first-order chi connectivity index (χ1) is 5.82. The molecule has 1 rings (SSSR count). The zero-order valence-electron chi connectivity index (χ0n) is 7.37. The predicted molar refractivity (Wildman–Crippen MR) is 48.6 cm³/mol. The van der Waals surface area contributed by atoms with Gasteiger partial charge in [-0.1, -0.05) is 11.6 Å². The molecule has 0 amide bonds. The first-order valence-corrected chi connectivity index (χ1v) is 4.14. The number of benzene rings is 1. The fraction of sp³-hybridized carbons (Fsp3) is 0.333. The summed E-state index contributed by atoms with van der Waals surface area (Å²) < 4.78 is 25.4. The highest BCUT2D eigenvalue weighted by atomic mass is 35.5. The third kappa shape index (κ3) is 2.17. The lowest BCUT2D eigenvalue weighted by molar-refractivity contribution is 0.494. The highest BCUT2D eigenvalue weighted by molar-refractivity contribution is 6.31. The van der Waals surface area contributed by atoms with Gasteiger partial charge in [0, 0.05) is 10.6 Å². The first kappa shape index (κ1) is 10.4. The van der Waals surface area contributed by atoms with Gasteiger partial charge in [-0.2, -0.15) is 0 Å². The Balaban J connectivity index is 3.32. The molecular formula is C9H10ClF2N. The average molecular weight is 206 g/mol. The van der Waals surface area contributed by atoms with Gasteiger partial charge in [-0.05, 0) is 31.5 Å². The van der Waals surface area contributed by atoms with Crippen molar-refractivity contribution in [1.82, 2.24) is 0 Å². The van der Waals surface area contributed by atoms with Gasteiger partial charge in [0.2, 0.25) is 0 Å². The summed E-state index contributed by atoms with van der Waals surface area (Å²) in [5, 5.41) is 0.145. The molecule has 1 nitrogen and oxygen atoms in total. The van der Waals surface area contributed by atoms with E-state index in [9.17, 15) is 8.78 Å². The van der Waals surface area contributed by atoms with Crippen molar-refractivity contribution in [3.8, 4) is 0 Å². The van der Waals surface area contributed by atoms with Crippen molar-refractivity contribution in [3.63, 3.8) is 0 Å². The van der Waals surface area contributed by atoms with E-state index in [1.807, 2.05) is 0 Å². The monoisotopic (exact) mass is 205 g/mol. The van der Waals surface area contributed by atoms with Crippen LogP contribution in [0.25, 0.3) is 0 Å². The van der Waals surface area contributed by atoms with Crippen LogP contribution in [0.1, 0.15) is 19.4 Å². The van der Waals surface area contributed by atoms with Crippen LogP contribution in [0.15, 0.2) is 12.1 Å². The average Bonchev–Trinajstić information content (AvgIpc) is 1.94. The van der Waals surface area contributed by atoms with Crippen molar-refractivity contribution in [2.24, 2.45) is 5.73 Å². The molecule has 13 heavy (non-hydrogen) atoms. The molecule has 0 aliphatic carbocycles. The van der Waals surface area contributed by atoms with E-state index < -0.39 is 17.2 Å². The Kier molecular flexibility index (Phi) is 2.59. The summed E-state index contributed by atoms with van der Waals surface area (Å²) in [5.74, 6) is -1.89. The van der Waals surface area contributed by atoms with E-state index in [1.165, 1.54) is 0 Å². The molecule has 0 unspecified atom stereocenters. The Morgan fingerprint density at radius 3 is 2.15 bits per heavy atom. The molecule has 0 aromatic heterocycles. The summed E-state index contributed by atoms with van der Waals surface area (Å²) >= 11 is 5.70. The smallest absolute Gasteiger partial charge is 0.160 e. The molecule has 0 aliphatic heterocycles. The van der Waals surface area contributed by atoms with Crippen molar-refractivity contribution >= 4 is 11.6 Å². The molecule has 1 aromatic carbocycles. The van der Waals surface area contributed by atoms with E-state index in [4.69, 9.17) is 17.3 Å². The highest BCUT2D eigenvalue weighted by Gasteiger charge is 2.20. The van der Waals surface area contributed by atoms with Crippen LogP contribution >= 0.6 is 11.6 Å². The summed E-state index contributed by atoms with van der Waals surface area (Å²) in [6, 6.07) is 1.96. The van der Waals surface area contributed by atoms with Gasteiger partial charge in [0.05, 0.1) is 0 Å². The van der Waals surface area contributed by atoms with E-state index in [-0.39, 0.29) is 5.02 Å². The molecular weight excluding hydrogens is 196 g/mol. The lowest BCUT2D eigenvalue weighted by Gasteiger charge is -2.20. The molecule has 72 valence electrons. The zero-order chi connectivity index (χ0) is 10.2. The summed E-state index contributed by atoms with van der Waals surface area (Å²) in [6.45, 7) is 3.34. The molecule has 0 fully saturated rings. The van der Waals surface area contributed by atoms with E-state index in [0.29, 0.717) is 5.56 Å². The topological polar surface area (TPSA) is 26.0 Å². The molecule has 4 heteroatoms. The van der Waals surface area contributed by atoms with E-state index in [2.05, 4.69) is 0 Å². The minimum absolute atomic E-state index is 0.145. The highest BCUT2D eigenvalue weighted by Crippen LogP contribution is 2.27. The molecule has 0 heterocycles. The summed E-state index contributed by atoms with van der Waals surface area (Å²) in [5.41, 5.74) is 5.33. The molecule has 0 spiro atoms. The van der Waals surface area contributed by atoms with Crippen LogP contribution in [-0.4, -0.2) is 0 Å². The zero-order valence-corrected chi connectivity index (χ0v) is 8.12. The summed E-state index contributed by atoms with van der Waals surface area (Å²) in [7, 11) is 0. The van der Waals surface area contributed by atoms with Gasteiger partial charge in [0.25, 0.3) is 0 Å². The summed E-state index contributed by atoms with van der Waals surface area (Å²) in [4.78, 5) is 0. The lowest BCUT2D eigenvalue weighted by atomic mass is 9.95. The third-order valence-corrected chi connectivity index (χ3v) is 2.02. The fourth-order valence-electron chi connectivity index (χ4n) is 1.02. The molecule has 0 saturated carbocycles. The molecule has 0 saturated heterocycles.